The first-order chi connectivity index (χ1) is 16.2. The largest absolute Gasteiger partial charge is 0.369 e. The summed E-state index contributed by atoms with van der Waals surface area (Å²) in [5.74, 6) is -1.68. The first-order valence-corrected chi connectivity index (χ1v) is 12.4. The average molecular weight is 499 g/mol. The quantitative estimate of drug-likeness (QED) is 0.297. The lowest BCUT2D eigenvalue weighted by Crippen LogP contribution is -2.29. The smallest absolute Gasteiger partial charge is 0.357 e. The van der Waals surface area contributed by atoms with Crippen LogP contribution in [0, 0.1) is 13.0 Å². The van der Waals surface area contributed by atoms with E-state index in [4.69, 9.17) is 19.8 Å². The Labute approximate surface area is 199 Å². The van der Waals surface area contributed by atoms with Gasteiger partial charge in [-0.25, -0.2) is 4.98 Å². The second kappa shape index (κ2) is 9.71. The Hall–Kier alpha value is -3.61. The van der Waals surface area contributed by atoms with E-state index in [1.54, 1.807) is 13.0 Å². The molecule has 2 atom stereocenters. The summed E-state index contributed by atoms with van der Waals surface area (Å²) >= 11 is 1.44. The molecule has 0 saturated heterocycles. The molecule has 0 saturated carbocycles. The highest BCUT2D eigenvalue weighted by Crippen LogP contribution is 2.37. The molecule has 4 rings (SSSR count). The number of carbonyl (C=O) groups excluding carboxylic acids is 1. The molecule has 4 aromatic rings. The highest BCUT2D eigenvalue weighted by Gasteiger charge is 2.36. The molecule has 0 aliphatic carbocycles. The van der Waals surface area contributed by atoms with Gasteiger partial charge in [0.05, 0.1) is 11.4 Å². The molecule has 4 N–H and O–H groups in total. The Bertz CT molecular complexity index is 1380. The first-order valence-electron chi connectivity index (χ1n) is 10.1. The number of nitrogens with two attached hydrogens (primary N) is 1. The summed E-state index contributed by atoms with van der Waals surface area (Å²) < 4.78 is 38.3. The molecule has 0 aliphatic heterocycles. The van der Waals surface area contributed by atoms with Crippen molar-refractivity contribution in [1.29, 1.82) is 0 Å². The van der Waals surface area contributed by atoms with Crippen molar-refractivity contribution >= 4 is 33.2 Å². The van der Waals surface area contributed by atoms with Crippen molar-refractivity contribution in [2.45, 2.75) is 25.2 Å². The predicted octanol–water partition coefficient (Wildman–Crippen LogP) is 3.11. The van der Waals surface area contributed by atoms with Gasteiger partial charge < -0.3 is 10.3 Å². The first kappa shape index (κ1) is 23.5. The Kier molecular flexibility index (Phi) is 6.72. The van der Waals surface area contributed by atoms with Crippen molar-refractivity contribution in [1.82, 2.24) is 15.1 Å². The highest BCUT2D eigenvalue weighted by atomic mass is 32.2. The van der Waals surface area contributed by atoms with Crippen molar-refractivity contribution < 1.29 is 22.3 Å². The van der Waals surface area contributed by atoms with Crippen molar-refractivity contribution in [3.63, 3.8) is 0 Å². The number of rotatable bonds is 9. The molecule has 1 amide bonds. The van der Waals surface area contributed by atoms with Gasteiger partial charge in [0.15, 0.2) is 5.82 Å². The molecule has 175 valence electrons. The summed E-state index contributed by atoms with van der Waals surface area (Å²) in [6.07, 6.45) is 0.277. The van der Waals surface area contributed by atoms with Crippen LogP contribution in [0.4, 0.5) is 5.69 Å². The molecule has 12 heteroatoms. The van der Waals surface area contributed by atoms with Crippen LogP contribution >= 0.6 is 11.3 Å². The third-order valence-corrected chi connectivity index (χ3v) is 6.41. The van der Waals surface area contributed by atoms with Crippen LogP contribution in [0.25, 0.3) is 10.6 Å². The lowest BCUT2D eigenvalue weighted by Gasteiger charge is -2.21. The minimum absolute atomic E-state index is 0.0916. The van der Waals surface area contributed by atoms with E-state index in [9.17, 15) is 13.2 Å². The minimum atomic E-state index is -4.41. The molecule has 2 unspecified atom stereocenters. The van der Waals surface area contributed by atoms with Crippen molar-refractivity contribution in [3.8, 4) is 10.6 Å². The molecule has 10 nitrogen and oxygen atoms in total. The molecule has 2 heterocycles. The maximum Gasteiger partial charge on any atom is 0.357 e. The maximum absolute atomic E-state index is 12.6. The van der Waals surface area contributed by atoms with E-state index in [1.165, 1.54) is 23.5 Å². The number of hydrogen-bond acceptors (Lipinski definition) is 8. The molecule has 2 aromatic carbocycles. The van der Waals surface area contributed by atoms with Crippen LogP contribution in [0.2, 0.25) is 0 Å². The Morgan fingerprint density at radius 3 is 2.59 bits per heavy atom. The fourth-order valence-corrected chi connectivity index (χ4v) is 4.84. The molecule has 0 aliphatic rings. The van der Waals surface area contributed by atoms with Crippen LogP contribution in [0.1, 0.15) is 34.8 Å². The van der Waals surface area contributed by atoms with Gasteiger partial charge in [0.2, 0.25) is 11.8 Å². The van der Waals surface area contributed by atoms with Crippen LogP contribution in [-0.2, 0) is 21.5 Å². The Morgan fingerprint density at radius 1 is 1.24 bits per heavy atom. The zero-order chi connectivity index (χ0) is 24.3. The SMILES string of the molecule is Cc1noc(C(C(N)=O)C(Cc2[c]cc(NS(=O)(=O)O)cc2)c2csc(-c3ccccc3)n2)n1. The van der Waals surface area contributed by atoms with E-state index < -0.39 is 28.0 Å². The second-order valence-electron chi connectivity index (χ2n) is 7.49. The van der Waals surface area contributed by atoms with Crippen LogP contribution in [0.3, 0.4) is 0 Å². The van der Waals surface area contributed by atoms with Gasteiger partial charge in [-0.15, -0.1) is 11.3 Å². The molecule has 0 spiro atoms. The lowest BCUT2D eigenvalue weighted by molar-refractivity contribution is -0.120. The molecular weight excluding hydrogens is 478 g/mol. The summed E-state index contributed by atoms with van der Waals surface area (Å²) in [6.45, 7) is 1.64. The van der Waals surface area contributed by atoms with E-state index in [-0.39, 0.29) is 18.0 Å². The minimum Gasteiger partial charge on any atom is -0.369 e. The van der Waals surface area contributed by atoms with Crippen LogP contribution in [-0.4, -0.2) is 34.0 Å². The molecule has 1 radical (unpaired) electrons. The predicted molar refractivity (Wildman–Crippen MR) is 125 cm³/mol. The molecule has 0 fully saturated rings. The van der Waals surface area contributed by atoms with Crippen molar-refractivity contribution in [2.24, 2.45) is 5.73 Å². The third-order valence-electron chi connectivity index (χ3n) is 5.00. The fourth-order valence-electron chi connectivity index (χ4n) is 3.53. The zero-order valence-corrected chi connectivity index (χ0v) is 19.5. The molecule has 0 bridgehead atoms. The van der Waals surface area contributed by atoms with E-state index >= 15 is 0 Å². The second-order valence-corrected chi connectivity index (χ2v) is 9.51. The van der Waals surface area contributed by atoms with Gasteiger partial charge in [0, 0.05) is 16.9 Å². The van der Waals surface area contributed by atoms with Gasteiger partial charge in [-0.2, -0.15) is 13.4 Å². The van der Waals surface area contributed by atoms with Gasteiger partial charge in [-0.1, -0.05) is 41.6 Å². The summed E-state index contributed by atoms with van der Waals surface area (Å²) in [4.78, 5) is 21.5. The number of carbonyl (C=O) groups is 1. The number of aryl methyl sites for hydroxylation is 1. The third kappa shape index (κ3) is 5.65. The van der Waals surface area contributed by atoms with Gasteiger partial charge in [0.1, 0.15) is 10.9 Å². The molecule has 2 aromatic heterocycles. The fraction of sp³-hybridized carbons (Fsp3) is 0.182. The Morgan fingerprint density at radius 2 is 2.00 bits per heavy atom. The number of amides is 1. The number of hydrogen-bond donors (Lipinski definition) is 3. The lowest BCUT2D eigenvalue weighted by atomic mass is 9.84. The summed E-state index contributed by atoms with van der Waals surface area (Å²) in [5.41, 5.74) is 8.13. The number of nitrogens with zero attached hydrogens (tertiary/aromatic N) is 3. The van der Waals surface area contributed by atoms with Crippen molar-refractivity contribution in [3.05, 3.63) is 82.9 Å². The van der Waals surface area contributed by atoms with Crippen LogP contribution < -0.4 is 10.5 Å². The summed E-state index contributed by atoms with van der Waals surface area (Å²) in [6, 6.07) is 17.1. The van der Waals surface area contributed by atoms with Crippen LogP contribution in [0.5, 0.6) is 0 Å². The van der Waals surface area contributed by atoms with Gasteiger partial charge in [-0.3, -0.25) is 14.1 Å². The van der Waals surface area contributed by atoms with E-state index in [0.29, 0.717) is 17.1 Å². The standard InChI is InChI=1S/C22H20N5O5S2/c1-13-24-21(32-26-13)19(20(23)28)17(11-14-7-9-16(10-8-14)27-34(29,30)31)18-12-33-22(25-18)15-5-3-2-4-6-15/h2-7,9-10,12,17,19,27H,11H2,1H3,(H2,23,28)(H,29,30,31). The van der Waals surface area contributed by atoms with E-state index in [2.05, 4.69) is 16.2 Å². The monoisotopic (exact) mass is 498 g/mol. The Balaban J connectivity index is 1.71. The number of anilines is 1. The highest BCUT2D eigenvalue weighted by molar-refractivity contribution is 7.87. The normalized spacial score (nSPS) is 13.4. The van der Waals surface area contributed by atoms with E-state index in [1.807, 2.05) is 40.4 Å². The summed E-state index contributed by atoms with van der Waals surface area (Å²) in [5, 5.41) is 6.43. The van der Waals surface area contributed by atoms with Gasteiger partial charge in [0.25, 0.3) is 0 Å². The number of primary amides is 1. The van der Waals surface area contributed by atoms with E-state index in [0.717, 1.165) is 10.6 Å². The average Bonchev–Trinajstić information content (AvgIpc) is 3.43. The van der Waals surface area contributed by atoms with Gasteiger partial charge in [-0.05, 0) is 37.1 Å². The van der Waals surface area contributed by atoms with Gasteiger partial charge >= 0.3 is 10.3 Å². The molecular formula is C22H20N5O5S2. The maximum atomic E-state index is 12.6. The zero-order valence-electron chi connectivity index (χ0n) is 17.9. The molecule has 34 heavy (non-hydrogen) atoms. The number of aromatic nitrogens is 3. The number of benzene rings is 2. The summed E-state index contributed by atoms with van der Waals surface area (Å²) in [7, 11) is -4.41. The number of thiazole rings is 1. The number of nitrogens with one attached hydrogen (secondary N) is 1. The van der Waals surface area contributed by atoms with Crippen molar-refractivity contribution in [2.75, 3.05) is 4.72 Å². The topological polar surface area (TPSA) is 161 Å². The van der Waals surface area contributed by atoms with Crippen LogP contribution in [0.15, 0.2) is 58.4 Å².